The highest BCUT2D eigenvalue weighted by molar-refractivity contribution is 5.27. The van der Waals surface area contributed by atoms with Gasteiger partial charge in [0.1, 0.15) is 5.75 Å². The zero-order valence-corrected chi connectivity index (χ0v) is 15.8. The lowest BCUT2D eigenvalue weighted by Gasteiger charge is -2.40. The van der Waals surface area contributed by atoms with Gasteiger partial charge < -0.3 is 5.11 Å². The Morgan fingerprint density at radius 3 is 2.31 bits per heavy atom. The van der Waals surface area contributed by atoms with Gasteiger partial charge >= 0.3 is 0 Å². The van der Waals surface area contributed by atoms with Gasteiger partial charge in [0.25, 0.3) is 0 Å². The predicted molar refractivity (Wildman–Crippen MR) is 106 cm³/mol. The number of hydrogen-bond acceptors (Lipinski definition) is 3. The average Bonchev–Trinajstić information content (AvgIpc) is 2.97. The highest BCUT2D eigenvalue weighted by Gasteiger charge is 2.41. The molecule has 26 heavy (non-hydrogen) atoms. The van der Waals surface area contributed by atoms with Crippen LogP contribution in [0.4, 0.5) is 0 Å². The van der Waals surface area contributed by atoms with Gasteiger partial charge in [-0.3, -0.25) is 9.80 Å². The van der Waals surface area contributed by atoms with Crippen molar-refractivity contribution in [2.75, 3.05) is 26.2 Å². The van der Waals surface area contributed by atoms with E-state index in [1.165, 1.54) is 62.1 Å². The zero-order valence-electron chi connectivity index (χ0n) is 15.8. The molecule has 0 aliphatic carbocycles. The topological polar surface area (TPSA) is 26.7 Å². The Bertz CT molecular complexity index is 759. The van der Waals surface area contributed by atoms with Gasteiger partial charge in [0, 0.05) is 26.2 Å². The second-order valence-corrected chi connectivity index (χ2v) is 8.43. The summed E-state index contributed by atoms with van der Waals surface area (Å²) in [7, 11) is 0. The highest BCUT2D eigenvalue weighted by Crippen LogP contribution is 2.39. The third-order valence-corrected chi connectivity index (χ3v) is 6.06. The Labute approximate surface area is 157 Å². The van der Waals surface area contributed by atoms with Crippen LogP contribution in [-0.4, -0.2) is 41.1 Å². The van der Waals surface area contributed by atoms with Crippen molar-refractivity contribution in [3.05, 3.63) is 65.2 Å². The van der Waals surface area contributed by atoms with Gasteiger partial charge in [-0.1, -0.05) is 42.0 Å². The second kappa shape index (κ2) is 7.42. The maximum atomic E-state index is 9.70. The lowest BCUT2D eigenvalue weighted by Crippen LogP contribution is -2.44. The molecular formula is C23H30N2O. The molecule has 0 amide bonds. The minimum Gasteiger partial charge on any atom is -0.508 e. The molecule has 2 fully saturated rings. The van der Waals surface area contributed by atoms with Crippen molar-refractivity contribution in [1.82, 2.24) is 9.80 Å². The van der Waals surface area contributed by atoms with E-state index in [2.05, 4.69) is 47.1 Å². The van der Waals surface area contributed by atoms with Gasteiger partial charge in [0.2, 0.25) is 0 Å². The molecule has 0 unspecified atom stereocenters. The van der Waals surface area contributed by atoms with Crippen molar-refractivity contribution in [2.24, 2.45) is 5.41 Å². The van der Waals surface area contributed by atoms with E-state index in [1.807, 2.05) is 12.1 Å². The Kier molecular flexibility index (Phi) is 5.01. The predicted octanol–water partition coefficient (Wildman–Crippen LogP) is 4.19. The molecule has 3 heteroatoms. The molecule has 4 rings (SSSR count). The smallest absolute Gasteiger partial charge is 0.115 e. The number of nitrogens with zero attached hydrogens (tertiary/aromatic N) is 2. The zero-order chi connectivity index (χ0) is 18.0. The van der Waals surface area contributed by atoms with E-state index in [1.54, 1.807) is 6.07 Å². The molecule has 1 N–H and O–H groups in total. The molecule has 1 spiro atoms. The van der Waals surface area contributed by atoms with E-state index in [-0.39, 0.29) is 0 Å². The Balaban J connectivity index is 1.38. The van der Waals surface area contributed by atoms with Gasteiger partial charge in [-0.2, -0.15) is 0 Å². The minimum atomic E-state index is 0.374. The molecule has 1 atom stereocenters. The maximum Gasteiger partial charge on any atom is 0.115 e. The van der Waals surface area contributed by atoms with Crippen molar-refractivity contribution in [1.29, 1.82) is 0 Å². The number of aromatic hydroxyl groups is 1. The largest absolute Gasteiger partial charge is 0.508 e. The van der Waals surface area contributed by atoms with E-state index < -0.39 is 0 Å². The van der Waals surface area contributed by atoms with Gasteiger partial charge in [0.05, 0.1) is 0 Å². The fraction of sp³-hybridized carbons (Fsp3) is 0.478. The van der Waals surface area contributed by atoms with Gasteiger partial charge in [0.15, 0.2) is 0 Å². The van der Waals surface area contributed by atoms with Crippen molar-refractivity contribution >= 4 is 0 Å². The molecule has 2 aliphatic rings. The fourth-order valence-electron chi connectivity index (χ4n) is 4.92. The molecule has 2 heterocycles. The summed E-state index contributed by atoms with van der Waals surface area (Å²) in [6, 6.07) is 16.7. The number of phenols is 1. The molecule has 2 saturated heterocycles. The minimum absolute atomic E-state index is 0.374. The molecule has 0 aromatic heterocycles. The molecule has 0 saturated carbocycles. The van der Waals surface area contributed by atoms with Crippen LogP contribution in [0.3, 0.4) is 0 Å². The lowest BCUT2D eigenvalue weighted by atomic mass is 9.79. The summed E-state index contributed by atoms with van der Waals surface area (Å²) in [5.74, 6) is 0.374. The monoisotopic (exact) mass is 350 g/mol. The van der Waals surface area contributed by atoms with Crippen LogP contribution in [0.2, 0.25) is 0 Å². The van der Waals surface area contributed by atoms with Gasteiger partial charge in [-0.25, -0.2) is 0 Å². The van der Waals surface area contributed by atoms with Crippen LogP contribution in [0.15, 0.2) is 48.5 Å². The summed E-state index contributed by atoms with van der Waals surface area (Å²) in [5.41, 5.74) is 4.47. The fourth-order valence-corrected chi connectivity index (χ4v) is 4.92. The first-order valence-corrected chi connectivity index (χ1v) is 9.89. The van der Waals surface area contributed by atoms with E-state index >= 15 is 0 Å². The molecule has 138 valence electrons. The van der Waals surface area contributed by atoms with Crippen LogP contribution in [0.25, 0.3) is 0 Å². The maximum absolute atomic E-state index is 9.70. The second-order valence-electron chi connectivity index (χ2n) is 8.43. The standard InChI is InChI=1S/C23H30N2O/c1-19-5-2-6-20(13-19)15-24-11-4-9-23(17-24)10-12-25(18-23)16-21-7-3-8-22(26)14-21/h2-3,5-8,13-14,26H,4,9-12,15-18H2,1H3/t23-/m1/s1. The third-order valence-electron chi connectivity index (χ3n) is 6.06. The quantitative estimate of drug-likeness (QED) is 0.896. The first kappa shape index (κ1) is 17.6. The molecule has 0 radical (unpaired) electrons. The van der Waals surface area contributed by atoms with Crippen LogP contribution in [-0.2, 0) is 13.1 Å². The summed E-state index contributed by atoms with van der Waals surface area (Å²) in [6.45, 7) is 9.02. The van der Waals surface area contributed by atoms with Gasteiger partial charge in [-0.15, -0.1) is 0 Å². The van der Waals surface area contributed by atoms with Crippen molar-refractivity contribution in [3.8, 4) is 5.75 Å². The van der Waals surface area contributed by atoms with Crippen LogP contribution in [0, 0.1) is 12.3 Å². The highest BCUT2D eigenvalue weighted by atomic mass is 16.3. The third kappa shape index (κ3) is 4.11. The number of hydrogen-bond donors (Lipinski definition) is 1. The summed E-state index contributed by atoms with van der Waals surface area (Å²) in [6.07, 6.45) is 3.97. The average molecular weight is 351 g/mol. The SMILES string of the molecule is Cc1cccc(CN2CCC[C@@]3(CCN(Cc4cccc(O)c4)C3)C2)c1. The number of likely N-dealkylation sites (tertiary alicyclic amines) is 2. The molecule has 2 aliphatic heterocycles. The molecule has 3 nitrogen and oxygen atoms in total. The van der Waals surface area contributed by atoms with E-state index in [0.29, 0.717) is 11.2 Å². The van der Waals surface area contributed by atoms with Crippen LogP contribution in [0.1, 0.15) is 36.0 Å². The summed E-state index contributed by atoms with van der Waals surface area (Å²) < 4.78 is 0. The Hall–Kier alpha value is -1.84. The van der Waals surface area contributed by atoms with Crippen molar-refractivity contribution < 1.29 is 5.11 Å². The van der Waals surface area contributed by atoms with E-state index in [4.69, 9.17) is 0 Å². The number of benzene rings is 2. The summed E-state index contributed by atoms with van der Waals surface area (Å²) in [4.78, 5) is 5.24. The normalized spacial score (nSPS) is 24.3. The van der Waals surface area contributed by atoms with Gasteiger partial charge in [-0.05, 0) is 68.0 Å². The number of piperidine rings is 1. The number of phenolic OH excluding ortho intramolecular Hbond substituents is 1. The molecular weight excluding hydrogens is 320 g/mol. The Morgan fingerprint density at radius 2 is 1.58 bits per heavy atom. The first-order chi connectivity index (χ1) is 12.6. The van der Waals surface area contributed by atoms with Crippen LogP contribution >= 0.6 is 0 Å². The van der Waals surface area contributed by atoms with Crippen LogP contribution < -0.4 is 0 Å². The van der Waals surface area contributed by atoms with Crippen LogP contribution in [0.5, 0.6) is 5.75 Å². The van der Waals surface area contributed by atoms with E-state index in [9.17, 15) is 5.11 Å². The number of aryl methyl sites for hydroxylation is 1. The summed E-state index contributed by atoms with van der Waals surface area (Å²) in [5, 5.41) is 9.70. The lowest BCUT2D eigenvalue weighted by molar-refractivity contribution is 0.0866. The van der Waals surface area contributed by atoms with E-state index in [0.717, 1.165) is 13.1 Å². The molecule has 2 aromatic carbocycles. The summed E-state index contributed by atoms with van der Waals surface area (Å²) >= 11 is 0. The first-order valence-electron chi connectivity index (χ1n) is 9.89. The van der Waals surface area contributed by atoms with Crippen molar-refractivity contribution in [2.45, 2.75) is 39.3 Å². The van der Waals surface area contributed by atoms with Crippen molar-refractivity contribution in [3.63, 3.8) is 0 Å². The molecule has 2 aromatic rings. The number of rotatable bonds is 4. The molecule has 0 bridgehead atoms. The Morgan fingerprint density at radius 1 is 0.885 bits per heavy atom.